The zero-order valence-electron chi connectivity index (χ0n) is 19.9. The van der Waals surface area contributed by atoms with Gasteiger partial charge >= 0.3 is 0 Å². The molecule has 0 saturated heterocycles. The van der Waals surface area contributed by atoms with E-state index in [-0.39, 0.29) is 29.7 Å². The van der Waals surface area contributed by atoms with E-state index >= 15 is 0 Å². The number of primary amides is 1. The molecule has 6 rings (SSSR count). The highest BCUT2D eigenvalue weighted by atomic mass is 16.5. The number of ether oxygens (including phenoxy) is 3. The van der Waals surface area contributed by atoms with Crippen LogP contribution in [0.15, 0.2) is 46.9 Å². The highest BCUT2D eigenvalue weighted by Crippen LogP contribution is 2.60. The van der Waals surface area contributed by atoms with E-state index in [1.807, 2.05) is 0 Å². The van der Waals surface area contributed by atoms with E-state index in [9.17, 15) is 29.7 Å². The first-order valence-electron chi connectivity index (χ1n) is 11.7. The number of aliphatic hydroxyl groups is 2. The lowest BCUT2D eigenvalue weighted by Gasteiger charge is -2.45. The number of Topliss-reactive ketones (excluding diaryl/α,β-unsaturated/α-hetero) is 2. The third-order valence-corrected chi connectivity index (χ3v) is 7.87. The summed E-state index contributed by atoms with van der Waals surface area (Å²) in [5, 5.41) is 32.5. The van der Waals surface area contributed by atoms with Gasteiger partial charge in [-0.15, -0.1) is 0 Å². The molecule has 0 saturated carbocycles. The number of phenolic OH excluding ortho intramolecular Hbond substituents is 1. The second kappa shape index (κ2) is 7.76. The summed E-state index contributed by atoms with van der Waals surface area (Å²) in [4.78, 5) is 38.7. The van der Waals surface area contributed by atoms with Crippen LogP contribution < -0.4 is 19.9 Å². The van der Waals surface area contributed by atoms with Crippen LogP contribution in [-0.2, 0) is 9.59 Å². The lowest BCUT2D eigenvalue weighted by molar-refractivity contribution is -0.126. The number of carbonyl (C=O) groups is 3. The molecule has 0 spiro atoms. The number of hydrogen-bond acceptors (Lipinski definition) is 9. The maximum Gasteiger partial charge on any atom is 0.255 e. The van der Waals surface area contributed by atoms with E-state index in [0.29, 0.717) is 33.9 Å². The number of fused-ring (bicyclic) bond motifs is 5. The number of aromatic hydroxyl groups is 1. The average Bonchev–Trinajstić information content (AvgIpc) is 2.85. The summed E-state index contributed by atoms with van der Waals surface area (Å²) in [6, 6.07) is 6.58. The molecule has 1 heterocycles. The number of carbonyl (C=O) groups excluding carboxylic acids is 3. The molecular formula is C27H23NO9. The summed E-state index contributed by atoms with van der Waals surface area (Å²) in [5.41, 5.74) is 6.43. The molecule has 3 aliphatic carbocycles. The summed E-state index contributed by atoms with van der Waals surface area (Å²) in [7, 11) is 2.97. The number of methoxy groups -OCH3 is 2. The van der Waals surface area contributed by atoms with E-state index in [1.165, 1.54) is 20.3 Å². The van der Waals surface area contributed by atoms with E-state index in [1.54, 1.807) is 18.2 Å². The Kier molecular flexibility index (Phi) is 4.82. The van der Waals surface area contributed by atoms with Crippen LogP contribution in [0, 0.1) is 17.8 Å². The molecule has 4 atom stereocenters. The molecule has 1 aliphatic heterocycles. The van der Waals surface area contributed by atoms with Crippen LogP contribution in [0.25, 0.3) is 11.1 Å². The Hall–Kier alpha value is -4.47. The molecule has 10 heteroatoms. The van der Waals surface area contributed by atoms with Crippen LogP contribution in [0.4, 0.5) is 0 Å². The highest BCUT2D eigenvalue weighted by Gasteiger charge is 2.55. The Balaban J connectivity index is 1.58. The summed E-state index contributed by atoms with van der Waals surface area (Å²) in [5.74, 6) is -5.13. The first kappa shape index (κ1) is 23.0. The number of amides is 1. The minimum Gasteiger partial charge on any atom is -0.511 e. The van der Waals surface area contributed by atoms with Gasteiger partial charge in [-0.2, -0.15) is 0 Å². The maximum absolute atomic E-state index is 13.8. The van der Waals surface area contributed by atoms with Gasteiger partial charge in [0.2, 0.25) is 5.75 Å². The van der Waals surface area contributed by atoms with Crippen LogP contribution >= 0.6 is 0 Å². The van der Waals surface area contributed by atoms with Gasteiger partial charge < -0.3 is 35.3 Å². The van der Waals surface area contributed by atoms with Crippen LogP contribution in [0.3, 0.4) is 0 Å². The minimum absolute atomic E-state index is 0.0176. The van der Waals surface area contributed by atoms with Gasteiger partial charge in [0.1, 0.15) is 28.9 Å². The van der Waals surface area contributed by atoms with Gasteiger partial charge in [-0.25, -0.2) is 0 Å². The van der Waals surface area contributed by atoms with E-state index < -0.39 is 58.4 Å². The van der Waals surface area contributed by atoms with Crippen LogP contribution in [0.5, 0.6) is 23.0 Å². The smallest absolute Gasteiger partial charge is 0.255 e. The number of rotatable bonds is 3. The van der Waals surface area contributed by atoms with Crippen molar-refractivity contribution in [3.8, 4) is 34.1 Å². The molecule has 4 aliphatic rings. The van der Waals surface area contributed by atoms with Gasteiger partial charge in [0.25, 0.3) is 5.91 Å². The lowest BCUT2D eigenvalue weighted by atomic mass is 9.61. The molecule has 10 nitrogen and oxygen atoms in total. The number of aliphatic hydroxyl groups excluding tert-OH is 2. The number of allylic oxidation sites excluding steroid dienone is 2. The minimum atomic E-state index is -1.22. The third-order valence-electron chi connectivity index (χ3n) is 7.87. The van der Waals surface area contributed by atoms with Gasteiger partial charge in [-0.1, -0.05) is 6.07 Å². The van der Waals surface area contributed by atoms with E-state index in [4.69, 9.17) is 19.9 Å². The molecule has 0 fully saturated rings. The second-order valence-electron chi connectivity index (χ2n) is 9.60. The van der Waals surface area contributed by atoms with Gasteiger partial charge in [0, 0.05) is 29.0 Å². The first-order chi connectivity index (χ1) is 17.7. The normalized spacial score (nSPS) is 25.5. The number of hydrogen-bond donors (Lipinski definition) is 4. The fraction of sp³-hybridized carbons (Fsp3) is 0.296. The number of benzene rings is 2. The fourth-order valence-electron chi connectivity index (χ4n) is 6.38. The highest BCUT2D eigenvalue weighted by molar-refractivity contribution is 6.22. The van der Waals surface area contributed by atoms with Gasteiger partial charge in [0.05, 0.1) is 25.7 Å². The van der Waals surface area contributed by atoms with Crippen LogP contribution in [0.1, 0.15) is 34.9 Å². The fourth-order valence-corrected chi connectivity index (χ4v) is 6.38. The SMILES string of the molecule is COc1ccc2c(c1OC)OC1c3c-2ccc(O)c3C(=O)C2=C(O)C3C(=O)C(C(N)=O)=C(O)CC3CC21. The molecule has 5 N–H and O–H groups in total. The number of phenols is 1. The van der Waals surface area contributed by atoms with Crippen molar-refractivity contribution in [3.05, 3.63) is 58.1 Å². The van der Waals surface area contributed by atoms with Crippen molar-refractivity contribution in [2.45, 2.75) is 18.9 Å². The van der Waals surface area contributed by atoms with Crippen molar-refractivity contribution >= 4 is 17.5 Å². The van der Waals surface area contributed by atoms with Crippen molar-refractivity contribution in [2.75, 3.05) is 14.2 Å². The van der Waals surface area contributed by atoms with Crippen molar-refractivity contribution in [1.82, 2.24) is 0 Å². The topological polar surface area (TPSA) is 166 Å². The molecule has 2 aromatic rings. The van der Waals surface area contributed by atoms with Gasteiger partial charge in [0.15, 0.2) is 23.1 Å². The van der Waals surface area contributed by atoms with Gasteiger partial charge in [-0.3, -0.25) is 14.4 Å². The molecule has 2 aromatic carbocycles. The molecule has 37 heavy (non-hydrogen) atoms. The quantitative estimate of drug-likeness (QED) is 0.459. The summed E-state index contributed by atoms with van der Waals surface area (Å²) >= 11 is 0. The largest absolute Gasteiger partial charge is 0.511 e. The number of nitrogens with two attached hydrogens (primary N) is 1. The molecule has 4 unspecified atom stereocenters. The van der Waals surface area contributed by atoms with Crippen molar-refractivity contribution in [3.63, 3.8) is 0 Å². The zero-order chi connectivity index (χ0) is 26.3. The van der Waals surface area contributed by atoms with Crippen LogP contribution in [-0.4, -0.2) is 47.0 Å². The molecule has 190 valence electrons. The molecule has 0 radical (unpaired) electrons. The van der Waals surface area contributed by atoms with Crippen LogP contribution in [0.2, 0.25) is 0 Å². The summed E-state index contributed by atoms with van der Waals surface area (Å²) in [6.45, 7) is 0. The standard InChI is InChI=1S/C27H23NO9/c1-35-15-6-4-11-10-3-5-13(29)19-17(10)24(37-25(11)26(15)36-2)12-7-9-8-14(30)20(27(28)34)22(32)16(9)21(31)18(12)23(19)33/h3-6,9,12,16,24,29-31H,7-8H2,1-2H3,(H2,28,34). The zero-order valence-corrected chi connectivity index (χ0v) is 19.9. The Morgan fingerprint density at radius 3 is 2.46 bits per heavy atom. The third kappa shape index (κ3) is 2.89. The Labute approximate surface area is 210 Å². The molecule has 0 bridgehead atoms. The van der Waals surface area contributed by atoms with Crippen molar-refractivity contribution < 1.29 is 43.9 Å². The number of ketones is 2. The Morgan fingerprint density at radius 2 is 1.78 bits per heavy atom. The lowest BCUT2D eigenvalue weighted by Crippen LogP contribution is -2.45. The Bertz CT molecular complexity index is 1500. The average molecular weight is 505 g/mol. The van der Waals surface area contributed by atoms with Gasteiger partial charge in [-0.05, 0) is 36.1 Å². The summed E-state index contributed by atoms with van der Waals surface area (Å²) < 4.78 is 17.5. The van der Waals surface area contributed by atoms with Crippen molar-refractivity contribution in [2.24, 2.45) is 23.5 Å². The first-order valence-corrected chi connectivity index (χ1v) is 11.7. The molecule has 1 amide bonds. The predicted octanol–water partition coefficient (Wildman–Crippen LogP) is 3.04. The molecule has 0 aromatic heterocycles. The van der Waals surface area contributed by atoms with E-state index in [2.05, 4.69) is 0 Å². The van der Waals surface area contributed by atoms with E-state index in [0.717, 1.165) is 0 Å². The maximum atomic E-state index is 13.8. The monoisotopic (exact) mass is 505 g/mol. The predicted molar refractivity (Wildman–Crippen MR) is 128 cm³/mol. The second-order valence-corrected chi connectivity index (χ2v) is 9.60. The van der Waals surface area contributed by atoms with Crippen molar-refractivity contribution in [1.29, 1.82) is 0 Å². The Morgan fingerprint density at radius 1 is 1.05 bits per heavy atom. The summed E-state index contributed by atoms with van der Waals surface area (Å²) in [6.07, 6.45) is -0.699. The molecular weight excluding hydrogens is 482 g/mol.